The van der Waals surface area contributed by atoms with Crippen LogP contribution < -0.4 is 5.32 Å². The first kappa shape index (κ1) is 16.9. The summed E-state index contributed by atoms with van der Waals surface area (Å²) in [7, 11) is 0. The molecule has 1 unspecified atom stereocenters. The Labute approximate surface area is 148 Å². The van der Waals surface area contributed by atoms with Gasteiger partial charge in [-0.05, 0) is 44.9 Å². The first-order valence-electron chi connectivity index (χ1n) is 7.58. The van der Waals surface area contributed by atoms with Gasteiger partial charge in [0.15, 0.2) is 0 Å². The van der Waals surface area contributed by atoms with E-state index in [4.69, 9.17) is 4.98 Å². The molecule has 0 bridgehead atoms. The van der Waals surface area contributed by atoms with E-state index in [1.165, 1.54) is 28.7 Å². The molecule has 24 heavy (non-hydrogen) atoms. The van der Waals surface area contributed by atoms with Crippen LogP contribution in [0.5, 0.6) is 0 Å². The lowest BCUT2D eigenvalue weighted by atomic mass is 10.1. The zero-order valence-electron chi connectivity index (χ0n) is 14.0. The molecule has 0 fully saturated rings. The number of hydrogen-bond donors (Lipinski definition) is 1. The van der Waals surface area contributed by atoms with Crippen LogP contribution in [0.2, 0.25) is 0 Å². The van der Waals surface area contributed by atoms with Gasteiger partial charge in [-0.25, -0.2) is 4.98 Å². The van der Waals surface area contributed by atoms with Crippen LogP contribution in [0.3, 0.4) is 0 Å². The van der Waals surface area contributed by atoms with Crippen LogP contribution in [0.4, 0.5) is 5.13 Å². The molecule has 0 radical (unpaired) electrons. The number of hydrogen-bond acceptors (Lipinski definition) is 6. The monoisotopic (exact) mass is 358 g/mol. The maximum absolute atomic E-state index is 12.3. The predicted molar refractivity (Wildman–Crippen MR) is 99.8 cm³/mol. The Kier molecular flexibility index (Phi) is 4.82. The molecule has 1 amide bonds. The highest BCUT2D eigenvalue weighted by atomic mass is 32.2. The number of anilines is 1. The number of nitrogens with zero attached hydrogens (tertiary/aromatic N) is 3. The van der Waals surface area contributed by atoms with Crippen molar-refractivity contribution in [3.8, 4) is 0 Å². The summed E-state index contributed by atoms with van der Waals surface area (Å²) in [6.45, 7) is 7.85. The fourth-order valence-corrected chi connectivity index (χ4v) is 3.89. The van der Waals surface area contributed by atoms with Gasteiger partial charge in [0.25, 0.3) is 0 Å². The number of amides is 1. The summed E-state index contributed by atoms with van der Waals surface area (Å²) in [6, 6.07) is 8.20. The minimum Gasteiger partial charge on any atom is -0.300 e. The van der Waals surface area contributed by atoms with Crippen molar-refractivity contribution in [2.24, 2.45) is 0 Å². The molecule has 1 aromatic carbocycles. The molecule has 0 saturated carbocycles. The van der Waals surface area contributed by atoms with Crippen molar-refractivity contribution in [3.05, 3.63) is 40.4 Å². The molecule has 1 atom stereocenters. The number of benzene rings is 1. The summed E-state index contributed by atoms with van der Waals surface area (Å²) in [5.74, 6) is -0.0968. The maximum Gasteiger partial charge on any atom is 0.239 e. The third-order valence-corrected chi connectivity index (χ3v) is 5.42. The Hall–Kier alpha value is -1.99. The highest BCUT2D eigenvalue weighted by Gasteiger charge is 2.17. The van der Waals surface area contributed by atoms with Crippen molar-refractivity contribution in [2.75, 3.05) is 5.32 Å². The Morgan fingerprint density at radius 3 is 2.71 bits per heavy atom. The van der Waals surface area contributed by atoms with Crippen LogP contribution >= 0.6 is 23.1 Å². The number of para-hydroxylation sites is 1. The fourth-order valence-electron chi connectivity index (χ4n) is 2.38. The first-order valence-corrected chi connectivity index (χ1v) is 9.28. The molecule has 124 valence electrons. The van der Waals surface area contributed by atoms with Crippen LogP contribution in [0.15, 0.2) is 29.3 Å². The number of rotatable bonds is 4. The fraction of sp³-hybridized carbons (Fsp3) is 0.294. The largest absolute Gasteiger partial charge is 0.300 e. The number of carbonyl (C=O) groups excluding carboxylic acids is 1. The SMILES string of the molecule is Cc1nnc(NC(=O)C(C)Sc2cc(C)c3cccc(C)c3n2)s1. The normalized spacial score (nSPS) is 12.3. The molecular formula is C17H18N4OS2. The molecular weight excluding hydrogens is 340 g/mol. The van der Waals surface area contributed by atoms with E-state index >= 15 is 0 Å². The standard InChI is InChI=1S/C17H18N4OS2/c1-9-6-5-7-13-10(2)8-14(18-15(9)13)23-11(3)16(22)19-17-21-20-12(4)24-17/h5-8,11H,1-4H3,(H,19,21,22). The van der Waals surface area contributed by atoms with Crippen molar-refractivity contribution in [2.45, 2.75) is 38.0 Å². The highest BCUT2D eigenvalue weighted by molar-refractivity contribution is 8.00. The lowest BCUT2D eigenvalue weighted by Crippen LogP contribution is -2.22. The number of nitrogens with one attached hydrogen (secondary N) is 1. The van der Waals surface area contributed by atoms with E-state index in [2.05, 4.69) is 41.5 Å². The third-order valence-electron chi connectivity index (χ3n) is 3.65. The summed E-state index contributed by atoms with van der Waals surface area (Å²) in [6.07, 6.45) is 0. The summed E-state index contributed by atoms with van der Waals surface area (Å²) in [5, 5.41) is 13.7. The van der Waals surface area contributed by atoms with E-state index in [-0.39, 0.29) is 11.2 Å². The van der Waals surface area contributed by atoms with Crippen LogP contribution in [0, 0.1) is 20.8 Å². The molecule has 5 nitrogen and oxygen atoms in total. The third kappa shape index (κ3) is 3.57. The Balaban J connectivity index is 1.78. The van der Waals surface area contributed by atoms with E-state index in [9.17, 15) is 4.79 Å². The minimum atomic E-state index is -0.275. The summed E-state index contributed by atoms with van der Waals surface area (Å²) in [4.78, 5) is 17.0. The quantitative estimate of drug-likeness (QED) is 0.710. The minimum absolute atomic E-state index is 0.0968. The molecule has 0 spiro atoms. The van der Waals surface area contributed by atoms with Gasteiger partial charge in [-0.2, -0.15) is 0 Å². The number of aryl methyl sites for hydroxylation is 3. The maximum atomic E-state index is 12.3. The average Bonchev–Trinajstić information content (AvgIpc) is 2.93. The Bertz CT molecular complexity index is 907. The van der Waals surface area contributed by atoms with Gasteiger partial charge in [-0.1, -0.05) is 41.3 Å². The van der Waals surface area contributed by atoms with Gasteiger partial charge < -0.3 is 0 Å². The van der Waals surface area contributed by atoms with Crippen molar-refractivity contribution < 1.29 is 4.79 Å². The molecule has 2 heterocycles. The molecule has 0 saturated heterocycles. The van der Waals surface area contributed by atoms with Crippen molar-refractivity contribution in [1.82, 2.24) is 15.2 Å². The van der Waals surface area contributed by atoms with E-state index in [1.807, 2.05) is 26.0 Å². The number of aromatic nitrogens is 3. The summed E-state index contributed by atoms with van der Waals surface area (Å²) in [5.41, 5.74) is 3.30. The molecule has 0 aliphatic heterocycles. The van der Waals surface area contributed by atoms with Crippen molar-refractivity contribution >= 4 is 45.0 Å². The van der Waals surface area contributed by atoms with Gasteiger partial charge in [0, 0.05) is 5.39 Å². The van der Waals surface area contributed by atoms with Crippen LogP contribution in [0.1, 0.15) is 23.1 Å². The zero-order chi connectivity index (χ0) is 17.3. The molecule has 0 aliphatic carbocycles. The van der Waals surface area contributed by atoms with Gasteiger partial charge in [0.05, 0.1) is 15.8 Å². The Morgan fingerprint density at radius 2 is 2.00 bits per heavy atom. The van der Waals surface area contributed by atoms with E-state index in [1.54, 1.807) is 0 Å². The lowest BCUT2D eigenvalue weighted by Gasteiger charge is -2.12. The molecule has 2 aromatic heterocycles. The second-order valence-electron chi connectivity index (χ2n) is 5.62. The molecule has 1 N–H and O–H groups in total. The van der Waals surface area contributed by atoms with Crippen molar-refractivity contribution in [1.29, 1.82) is 0 Å². The summed E-state index contributed by atoms with van der Waals surface area (Å²) < 4.78 is 0. The van der Waals surface area contributed by atoms with E-state index < -0.39 is 0 Å². The molecule has 3 aromatic rings. The Morgan fingerprint density at radius 1 is 1.21 bits per heavy atom. The van der Waals surface area contributed by atoms with Gasteiger partial charge in [0.2, 0.25) is 11.0 Å². The smallest absolute Gasteiger partial charge is 0.239 e. The van der Waals surface area contributed by atoms with Gasteiger partial charge >= 0.3 is 0 Å². The van der Waals surface area contributed by atoms with Crippen LogP contribution in [-0.4, -0.2) is 26.3 Å². The van der Waals surface area contributed by atoms with Gasteiger partial charge in [-0.15, -0.1) is 10.2 Å². The number of pyridine rings is 1. The second-order valence-corrected chi connectivity index (χ2v) is 8.17. The van der Waals surface area contributed by atoms with E-state index in [0.29, 0.717) is 5.13 Å². The van der Waals surface area contributed by atoms with Crippen LogP contribution in [0.25, 0.3) is 10.9 Å². The number of fused-ring (bicyclic) bond motifs is 1. The zero-order valence-corrected chi connectivity index (χ0v) is 15.6. The first-order chi connectivity index (χ1) is 11.4. The average molecular weight is 358 g/mol. The molecule has 3 rings (SSSR count). The highest BCUT2D eigenvalue weighted by Crippen LogP contribution is 2.28. The molecule has 0 aliphatic rings. The van der Waals surface area contributed by atoms with E-state index in [0.717, 1.165) is 26.5 Å². The number of carbonyl (C=O) groups is 1. The topological polar surface area (TPSA) is 67.8 Å². The number of thioether (sulfide) groups is 1. The van der Waals surface area contributed by atoms with Crippen molar-refractivity contribution in [3.63, 3.8) is 0 Å². The summed E-state index contributed by atoms with van der Waals surface area (Å²) >= 11 is 2.82. The van der Waals surface area contributed by atoms with Gasteiger partial charge in [-0.3, -0.25) is 10.1 Å². The van der Waals surface area contributed by atoms with Crippen LogP contribution in [-0.2, 0) is 4.79 Å². The lowest BCUT2D eigenvalue weighted by molar-refractivity contribution is -0.115. The second kappa shape index (κ2) is 6.86. The molecule has 7 heteroatoms. The predicted octanol–water partition coefficient (Wildman–Crippen LogP) is 4.13. The van der Waals surface area contributed by atoms with Gasteiger partial charge in [0.1, 0.15) is 5.01 Å².